The molecule has 0 aliphatic carbocycles. The van der Waals surface area contributed by atoms with Crippen LogP contribution in [0.15, 0.2) is 34.3 Å². The number of fused-ring (bicyclic) bond motifs is 2. The molecule has 0 saturated carbocycles. The highest BCUT2D eigenvalue weighted by Crippen LogP contribution is 2.33. The summed E-state index contributed by atoms with van der Waals surface area (Å²) in [6.45, 7) is 2.37. The Kier molecular flexibility index (Phi) is 4.12. The molecule has 0 saturated heterocycles. The molecule has 2 aliphatic rings. The van der Waals surface area contributed by atoms with Gasteiger partial charge in [-0.15, -0.1) is 0 Å². The van der Waals surface area contributed by atoms with E-state index < -0.39 is 0 Å². The molecule has 0 bridgehead atoms. The van der Waals surface area contributed by atoms with E-state index in [9.17, 15) is 9.59 Å². The van der Waals surface area contributed by atoms with Crippen LogP contribution in [-0.2, 0) is 11.3 Å². The van der Waals surface area contributed by atoms with Crippen molar-refractivity contribution in [3.63, 3.8) is 0 Å². The van der Waals surface area contributed by atoms with E-state index in [2.05, 4.69) is 10.3 Å². The summed E-state index contributed by atoms with van der Waals surface area (Å²) in [6.07, 6.45) is 1.85. The standard InChI is InChI=1S/C17H17N3O4S/c1-10-6-19-17-20(16(10)22)12(8-25-17)5-15(21)18-7-11-2-3-13-14(4-11)24-9-23-13/h2-4,6,12H,5,7-9H2,1H3,(H,18,21)/t12-/m0/s1. The van der Waals surface area contributed by atoms with Crippen LogP contribution >= 0.6 is 11.8 Å². The van der Waals surface area contributed by atoms with Crippen LogP contribution in [0.2, 0.25) is 0 Å². The minimum absolute atomic E-state index is 0.0661. The third-order valence-corrected chi connectivity index (χ3v) is 5.36. The Labute approximate surface area is 148 Å². The molecule has 0 radical (unpaired) electrons. The van der Waals surface area contributed by atoms with Crippen molar-refractivity contribution in [2.45, 2.75) is 31.1 Å². The lowest BCUT2D eigenvalue weighted by Crippen LogP contribution is -2.31. The summed E-state index contributed by atoms with van der Waals surface area (Å²) in [7, 11) is 0. The third-order valence-electron chi connectivity index (χ3n) is 4.25. The van der Waals surface area contributed by atoms with E-state index in [0.717, 1.165) is 11.3 Å². The number of rotatable bonds is 4. The maximum Gasteiger partial charge on any atom is 0.257 e. The molecule has 0 fully saturated rings. The van der Waals surface area contributed by atoms with E-state index in [4.69, 9.17) is 9.47 Å². The Hall–Kier alpha value is -2.48. The summed E-state index contributed by atoms with van der Waals surface area (Å²) >= 11 is 1.51. The van der Waals surface area contributed by atoms with E-state index in [1.807, 2.05) is 18.2 Å². The Morgan fingerprint density at radius 2 is 2.24 bits per heavy atom. The maximum absolute atomic E-state index is 12.3. The predicted molar refractivity (Wildman–Crippen MR) is 92.0 cm³/mol. The van der Waals surface area contributed by atoms with Gasteiger partial charge in [-0.1, -0.05) is 17.8 Å². The van der Waals surface area contributed by atoms with Gasteiger partial charge in [-0.25, -0.2) is 4.98 Å². The van der Waals surface area contributed by atoms with Crippen LogP contribution in [0.25, 0.3) is 0 Å². The van der Waals surface area contributed by atoms with Gasteiger partial charge in [-0.05, 0) is 24.6 Å². The molecule has 0 spiro atoms. The van der Waals surface area contributed by atoms with Gasteiger partial charge in [0.15, 0.2) is 16.7 Å². The first-order valence-electron chi connectivity index (χ1n) is 7.98. The second-order valence-electron chi connectivity index (χ2n) is 6.03. The molecule has 4 rings (SSSR count). The maximum atomic E-state index is 12.3. The molecule has 130 valence electrons. The molecule has 1 amide bonds. The quantitative estimate of drug-likeness (QED) is 0.836. The van der Waals surface area contributed by atoms with E-state index >= 15 is 0 Å². The Balaban J connectivity index is 1.39. The highest BCUT2D eigenvalue weighted by atomic mass is 32.2. The summed E-state index contributed by atoms with van der Waals surface area (Å²) in [5.74, 6) is 2.01. The first-order chi connectivity index (χ1) is 12.1. The van der Waals surface area contributed by atoms with Gasteiger partial charge in [-0.3, -0.25) is 14.2 Å². The number of aryl methyl sites for hydroxylation is 1. The van der Waals surface area contributed by atoms with Crippen molar-refractivity contribution in [3.05, 3.63) is 45.9 Å². The molecule has 25 heavy (non-hydrogen) atoms. The van der Waals surface area contributed by atoms with E-state index in [1.54, 1.807) is 17.7 Å². The van der Waals surface area contributed by atoms with Crippen molar-refractivity contribution in [1.82, 2.24) is 14.9 Å². The molecule has 7 nitrogen and oxygen atoms in total. The molecule has 2 aromatic rings. The van der Waals surface area contributed by atoms with Crippen LogP contribution in [0.5, 0.6) is 11.5 Å². The van der Waals surface area contributed by atoms with Crippen molar-refractivity contribution >= 4 is 17.7 Å². The van der Waals surface area contributed by atoms with Crippen LogP contribution in [0, 0.1) is 6.92 Å². The van der Waals surface area contributed by atoms with Gasteiger partial charge in [0, 0.05) is 30.5 Å². The topological polar surface area (TPSA) is 82.5 Å². The molecule has 2 aliphatic heterocycles. The van der Waals surface area contributed by atoms with Crippen LogP contribution in [0.3, 0.4) is 0 Å². The van der Waals surface area contributed by atoms with Crippen molar-refractivity contribution < 1.29 is 14.3 Å². The summed E-state index contributed by atoms with van der Waals surface area (Å²) in [6, 6.07) is 5.44. The molecular weight excluding hydrogens is 342 g/mol. The van der Waals surface area contributed by atoms with Gasteiger partial charge in [0.1, 0.15) is 0 Å². The lowest BCUT2D eigenvalue weighted by Gasteiger charge is -2.13. The molecule has 1 aromatic heterocycles. The Bertz CT molecular complexity index is 896. The fraction of sp³-hybridized carbons (Fsp3) is 0.353. The molecule has 1 aromatic carbocycles. The largest absolute Gasteiger partial charge is 0.454 e. The molecule has 1 N–H and O–H groups in total. The number of aromatic nitrogens is 2. The minimum Gasteiger partial charge on any atom is -0.454 e. The van der Waals surface area contributed by atoms with Crippen LogP contribution < -0.4 is 20.3 Å². The molecule has 0 unspecified atom stereocenters. The smallest absolute Gasteiger partial charge is 0.257 e. The lowest BCUT2D eigenvalue weighted by atomic mass is 10.2. The number of nitrogens with zero attached hydrogens (tertiary/aromatic N) is 2. The first-order valence-corrected chi connectivity index (χ1v) is 8.96. The van der Waals surface area contributed by atoms with Gasteiger partial charge >= 0.3 is 0 Å². The summed E-state index contributed by atoms with van der Waals surface area (Å²) in [5.41, 5.74) is 1.47. The van der Waals surface area contributed by atoms with Crippen LogP contribution in [0.1, 0.15) is 23.6 Å². The van der Waals surface area contributed by atoms with Gasteiger partial charge in [0.25, 0.3) is 5.56 Å². The van der Waals surface area contributed by atoms with Crippen molar-refractivity contribution in [1.29, 1.82) is 0 Å². The van der Waals surface area contributed by atoms with Gasteiger partial charge in [0.2, 0.25) is 12.7 Å². The number of amides is 1. The average molecular weight is 359 g/mol. The van der Waals surface area contributed by atoms with Crippen molar-refractivity contribution in [3.8, 4) is 11.5 Å². The summed E-state index contributed by atoms with van der Waals surface area (Å²) < 4.78 is 12.2. The Morgan fingerprint density at radius 3 is 3.12 bits per heavy atom. The number of hydrogen-bond donors (Lipinski definition) is 1. The van der Waals surface area contributed by atoms with E-state index in [-0.39, 0.29) is 30.7 Å². The lowest BCUT2D eigenvalue weighted by molar-refractivity contribution is -0.121. The van der Waals surface area contributed by atoms with E-state index in [0.29, 0.717) is 28.8 Å². The zero-order chi connectivity index (χ0) is 17.4. The molecule has 1 atom stereocenters. The van der Waals surface area contributed by atoms with Gasteiger partial charge < -0.3 is 14.8 Å². The fourth-order valence-electron chi connectivity index (χ4n) is 2.91. The minimum atomic E-state index is -0.156. The van der Waals surface area contributed by atoms with E-state index in [1.165, 1.54) is 11.8 Å². The summed E-state index contributed by atoms with van der Waals surface area (Å²) in [4.78, 5) is 28.9. The first kappa shape index (κ1) is 16.0. The number of ether oxygens (including phenoxy) is 2. The average Bonchev–Trinajstić information content (AvgIpc) is 3.23. The van der Waals surface area contributed by atoms with Crippen molar-refractivity contribution in [2.24, 2.45) is 0 Å². The SMILES string of the molecule is Cc1cnc2n(c1=O)[C@@H](CC(=O)NCc1ccc3c(c1)OCO3)CS2. The number of carbonyl (C=O) groups is 1. The predicted octanol–water partition coefficient (Wildman–Crippen LogP) is 1.63. The highest BCUT2D eigenvalue weighted by Gasteiger charge is 2.27. The van der Waals surface area contributed by atoms with Crippen LogP contribution in [0.4, 0.5) is 0 Å². The molecular formula is C17H17N3O4S. The molecule has 8 heteroatoms. The monoisotopic (exact) mass is 359 g/mol. The number of thioether (sulfide) groups is 1. The zero-order valence-electron chi connectivity index (χ0n) is 13.7. The second-order valence-corrected chi connectivity index (χ2v) is 7.02. The molecule has 3 heterocycles. The van der Waals surface area contributed by atoms with Gasteiger partial charge in [0.05, 0.1) is 6.04 Å². The number of nitrogens with one attached hydrogen (secondary N) is 1. The zero-order valence-corrected chi connectivity index (χ0v) is 14.5. The second kappa shape index (κ2) is 6.44. The third kappa shape index (κ3) is 3.09. The number of hydrogen-bond acceptors (Lipinski definition) is 6. The number of benzene rings is 1. The van der Waals surface area contributed by atoms with Crippen LogP contribution in [-0.4, -0.2) is 28.0 Å². The highest BCUT2D eigenvalue weighted by molar-refractivity contribution is 7.99. The number of carbonyl (C=O) groups excluding carboxylic acids is 1. The fourth-order valence-corrected chi connectivity index (χ4v) is 4.02. The van der Waals surface area contributed by atoms with Gasteiger partial charge in [-0.2, -0.15) is 0 Å². The normalized spacial score (nSPS) is 17.4. The van der Waals surface area contributed by atoms with Crippen molar-refractivity contribution in [2.75, 3.05) is 12.5 Å². The summed E-state index contributed by atoms with van der Waals surface area (Å²) in [5, 5.41) is 3.59. The Morgan fingerprint density at radius 1 is 1.40 bits per heavy atom.